The quantitative estimate of drug-likeness (QED) is 0.374. The number of nitrogens with one attached hydrogen (secondary N) is 1. The van der Waals surface area contributed by atoms with Crippen LogP contribution in [0.3, 0.4) is 0 Å². The zero-order valence-corrected chi connectivity index (χ0v) is 6.25. The van der Waals surface area contributed by atoms with Gasteiger partial charge in [0.1, 0.15) is 0 Å². The van der Waals surface area contributed by atoms with Gasteiger partial charge in [-0.25, -0.2) is 0 Å². The van der Waals surface area contributed by atoms with E-state index >= 15 is 0 Å². The van der Waals surface area contributed by atoms with E-state index in [-0.39, 0.29) is 0 Å². The Morgan fingerprint density at radius 3 is 2.10 bits per heavy atom. The molecule has 4 nitrogen and oxygen atoms in total. The molecule has 1 heterocycles. The highest BCUT2D eigenvalue weighted by atomic mass is 16.4. The van der Waals surface area contributed by atoms with Crippen LogP contribution in [-0.4, -0.2) is 54.9 Å². The number of likely N-dealkylation sites (N-methyl/N-ethyl adjacent to an activating group) is 1. The Balaban J connectivity index is 2.48. The minimum atomic E-state index is -1.22. The summed E-state index contributed by atoms with van der Waals surface area (Å²) in [6, 6.07) is 0. The van der Waals surface area contributed by atoms with Crippen LogP contribution >= 0.6 is 0 Å². The molecule has 5 heteroatoms. The van der Waals surface area contributed by atoms with Crippen LogP contribution in [0.4, 0.5) is 0 Å². The van der Waals surface area contributed by atoms with Crippen LogP contribution in [0.15, 0.2) is 0 Å². The first kappa shape index (κ1) is 8.01. The second kappa shape index (κ2) is 2.88. The van der Waals surface area contributed by atoms with Gasteiger partial charge in [-0.1, -0.05) is 0 Å². The van der Waals surface area contributed by atoms with Crippen LogP contribution in [-0.2, 0) is 0 Å². The summed E-state index contributed by atoms with van der Waals surface area (Å²) in [5, 5.41) is 21.0. The van der Waals surface area contributed by atoms with Crippen LogP contribution in [0.1, 0.15) is 0 Å². The Bertz CT molecular complexity index is 114. The van der Waals surface area contributed by atoms with E-state index in [0.717, 1.165) is 26.2 Å². The number of quaternary nitrogens is 1. The Labute approximate surface area is 61.2 Å². The fourth-order valence-electron chi connectivity index (χ4n) is 1.14. The molecule has 0 aromatic heterocycles. The maximum atomic E-state index is 8.94. The van der Waals surface area contributed by atoms with E-state index < -0.39 is 7.25 Å². The van der Waals surface area contributed by atoms with Crippen molar-refractivity contribution in [3.63, 3.8) is 0 Å². The van der Waals surface area contributed by atoms with Gasteiger partial charge in [-0.15, -0.1) is 0 Å². The van der Waals surface area contributed by atoms with Crippen LogP contribution in [0.5, 0.6) is 0 Å². The second-order valence-electron chi connectivity index (χ2n) is 3.02. The smallest absolute Gasteiger partial charge is 0.370 e. The summed E-state index contributed by atoms with van der Waals surface area (Å²) in [5.41, 5.74) is 0. The Kier molecular flexibility index (Phi) is 2.30. The molecule has 0 unspecified atom stereocenters. The molecule has 10 heavy (non-hydrogen) atoms. The molecule has 0 amide bonds. The van der Waals surface area contributed by atoms with Gasteiger partial charge in [-0.05, 0) is 0 Å². The third kappa shape index (κ3) is 1.49. The van der Waals surface area contributed by atoms with Crippen molar-refractivity contribution in [3.8, 4) is 0 Å². The van der Waals surface area contributed by atoms with Gasteiger partial charge in [-0.2, -0.15) is 0 Å². The van der Waals surface area contributed by atoms with Crippen molar-refractivity contribution in [1.29, 1.82) is 0 Å². The maximum absolute atomic E-state index is 8.94. The first-order valence-corrected chi connectivity index (χ1v) is 3.56. The number of hydrogen-bond donors (Lipinski definition) is 3. The molecule has 0 aliphatic carbocycles. The van der Waals surface area contributed by atoms with Crippen LogP contribution in [0.2, 0.25) is 0 Å². The summed E-state index contributed by atoms with van der Waals surface area (Å²) in [6.45, 7) is 3.32. The molecule has 58 valence electrons. The molecule has 0 saturated carbocycles. The fourth-order valence-corrected chi connectivity index (χ4v) is 1.14. The second-order valence-corrected chi connectivity index (χ2v) is 3.02. The molecule has 0 aromatic carbocycles. The average molecular weight is 145 g/mol. The summed E-state index contributed by atoms with van der Waals surface area (Å²) in [5.74, 6) is 0. The van der Waals surface area contributed by atoms with E-state index in [2.05, 4.69) is 5.32 Å². The molecule has 1 fully saturated rings. The third-order valence-electron chi connectivity index (χ3n) is 2.16. The highest BCUT2D eigenvalue weighted by molar-refractivity contribution is 6.31. The molecule has 1 aliphatic heterocycles. The topological polar surface area (TPSA) is 52.5 Å². The molecule has 0 bridgehead atoms. The summed E-state index contributed by atoms with van der Waals surface area (Å²) < 4.78 is 0.354. The van der Waals surface area contributed by atoms with E-state index in [1.54, 1.807) is 0 Å². The van der Waals surface area contributed by atoms with Crippen molar-refractivity contribution in [1.82, 2.24) is 5.32 Å². The molecule has 3 N–H and O–H groups in total. The van der Waals surface area contributed by atoms with E-state index in [9.17, 15) is 0 Å². The Morgan fingerprint density at radius 2 is 1.80 bits per heavy atom. The first-order chi connectivity index (χ1) is 4.65. The SMILES string of the molecule is C[N+]1(B(O)O)CCNCC1. The van der Waals surface area contributed by atoms with Gasteiger partial charge in [0.25, 0.3) is 0 Å². The monoisotopic (exact) mass is 145 g/mol. The number of hydrogen-bond acceptors (Lipinski definition) is 3. The highest BCUT2D eigenvalue weighted by Crippen LogP contribution is 2.03. The minimum absolute atomic E-state index is 0.354. The van der Waals surface area contributed by atoms with Gasteiger partial charge < -0.3 is 19.8 Å². The lowest BCUT2D eigenvalue weighted by atomic mass is 9.99. The predicted molar refractivity (Wildman–Crippen MR) is 39.0 cm³/mol. The largest absolute Gasteiger partial charge is 0.754 e. The van der Waals surface area contributed by atoms with E-state index in [1.807, 2.05) is 7.05 Å². The first-order valence-electron chi connectivity index (χ1n) is 3.56. The summed E-state index contributed by atoms with van der Waals surface area (Å²) in [4.78, 5) is 0. The molecular formula is C5H14BN2O2+. The Hall–Kier alpha value is -0.0951. The fraction of sp³-hybridized carbons (Fsp3) is 1.00. The van der Waals surface area contributed by atoms with Gasteiger partial charge in [0.15, 0.2) is 0 Å². The molecule has 0 spiro atoms. The van der Waals surface area contributed by atoms with Crippen molar-refractivity contribution >= 4 is 7.25 Å². The molecule has 1 aliphatic rings. The van der Waals surface area contributed by atoms with Gasteiger partial charge in [0, 0.05) is 13.1 Å². The van der Waals surface area contributed by atoms with Crippen molar-refractivity contribution in [2.75, 3.05) is 33.2 Å². The van der Waals surface area contributed by atoms with Gasteiger partial charge in [0.05, 0.1) is 20.1 Å². The summed E-state index contributed by atoms with van der Waals surface area (Å²) in [7, 11) is 0.632. The lowest BCUT2D eigenvalue weighted by molar-refractivity contribution is -0.823. The third-order valence-corrected chi connectivity index (χ3v) is 2.16. The number of rotatable bonds is 1. The van der Waals surface area contributed by atoms with Crippen LogP contribution in [0.25, 0.3) is 0 Å². The normalized spacial score (nSPS) is 24.3. The van der Waals surface area contributed by atoms with Crippen molar-refractivity contribution in [2.24, 2.45) is 0 Å². The maximum Gasteiger partial charge on any atom is 0.754 e. The zero-order valence-electron chi connectivity index (χ0n) is 6.25. The number of nitrogens with zero attached hydrogens (tertiary/aromatic N) is 1. The average Bonchev–Trinajstić information content (AvgIpc) is 1.89. The number of piperazine rings is 1. The van der Waals surface area contributed by atoms with Gasteiger partial charge >= 0.3 is 7.25 Å². The lowest BCUT2D eigenvalue weighted by Crippen LogP contribution is -2.63. The molecule has 1 saturated heterocycles. The molecule has 0 aromatic rings. The van der Waals surface area contributed by atoms with Crippen molar-refractivity contribution < 1.29 is 14.4 Å². The molecule has 0 atom stereocenters. The van der Waals surface area contributed by atoms with Crippen molar-refractivity contribution in [3.05, 3.63) is 0 Å². The van der Waals surface area contributed by atoms with E-state index in [0.29, 0.717) is 4.39 Å². The molecule has 0 radical (unpaired) electrons. The van der Waals surface area contributed by atoms with Crippen LogP contribution in [0, 0.1) is 0 Å². The van der Waals surface area contributed by atoms with E-state index in [4.69, 9.17) is 10.0 Å². The highest BCUT2D eigenvalue weighted by Gasteiger charge is 2.39. The van der Waals surface area contributed by atoms with Crippen molar-refractivity contribution in [2.45, 2.75) is 0 Å². The molecule has 1 rings (SSSR count). The minimum Gasteiger partial charge on any atom is -0.370 e. The van der Waals surface area contributed by atoms with Crippen LogP contribution < -0.4 is 5.32 Å². The van der Waals surface area contributed by atoms with Gasteiger partial charge in [0.2, 0.25) is 0 Å². The standard InChI is InChI=1S/C5H14BN2O2/c1-8(6(9)10)4-2-7-3-5-8/h7,9-10H,2-5H2,1H3/q+1. The zero-order chi connectivity index (χ0) is 7.61. The molecular weight excluding hydrogens is 131 g/mol. The Morgan fingerprint density at radius 1 is 1.30 bits per heavy atom. The van der Waals surface area contributed by atoms with E-state index in [1.165, 1.54) is 0 Å². The lowest BCUT2D eigenvalue weighted by Gasteiger charge is -2.37. The van der Waals surface area contributed by atoms with Gasteiger partial charge in [-0.3, -0.25) is 0 Å². The predicted octanol–water partition coefficient (Wildman–Crippen LogP) is -1.99. The summed E-state index contributed by atoms with van der Waals surface area (Å²) >= 11 is 0. The summed E-state index contributed by atoms with van der Waals surface area (Å²) in [6.07, 6.45) is 0.